The Morgan fingerprint density at radius 3 is 2.41 bits per heavy atom. The van der Waals surface area contributed by atoms with E-state index >= 15 is 0 Å². The Hall–Kier alpha value is -0.120. The first kappa shape index (κ1) is 14.9. The molecule has 1 heterocycles. The van der Waals surface area contributed by atoms with Gasteiger partial charge in [0.05, 0.1) is 0 Å². The summed E-state index contributed by atoms with van der Waals surface area (Å²) in [5, 5.41) is 3.64. The molecule has 0 aromatic carbocycles. The molecule has 0 aliphatic carbocycles. The van der Waals surface area contributed by atoms with E-state index in [2.05, 4.69) is 50.0 Å². The molecule has 1 saturated heterocycles. The molecule has 0 spiro atoms. The lowest BCUT2D eigenvalue weighted by Gasteiger charge is -2.36. The highest BCUT2D eigenvalue weighted by Crippen LogP contribution is 2.13. The van der Waals surface area contributed by atoms with Crippen LogP contribution in [-0.4, -0.2) is 61.7 Å². The van der Waals surface area contributed by atoms with E-state index in [0.29, 0.717) is 0 Å². The van der Waals surface area contributed by atoms with Gasteiger partial charge in [-0.15, -0.1) is 0 Å². The van der Waals surface area contributed by atoms with E-state index in [9.17, 15) is 0 Å². The van der Waals surface area contributed by atoms with Crippen molar-refractivity contribution in [3.63, 3.8) is 0 Å². The number of likely N-dealkylation sites (N-methyl/N-ethyl adjacent to an activating group) is 1. The average molecular weight is 241 g/mol. The third-order valence-corrected chi connectivity index (χ3v) is 4.26. The van der Waals surface area contributed by atoms with E-state index in [0.717, 1.165) is 19.1 Å². The van der Waals surface area contributed by atoms with Crippen molar-refractivity contribution in [2.45, 2.75) is 51.6 Å². The smallest absolute Gasteiger partial charge is 0.0123 e. The van der Waals surface area contributed by atoms with Gasteiger partial charge in [-0.05, 0) is 60.3 Å². The van der Waals surface area contributed by atoms with E-state index in [1.54, 1.807) is 0 Å². The van der Waals surface area contributed by atoms with Gasteiger partial charge in [0.2, 0.25) is 0 Å². The van der Waals surface area contributed by atoms with Crippen LogP contribution in [0.3, 0.4) is 0 Å². The fraction of sp³-hybridized carbons (Fsp3) is 1.00. The lowest BCUT2D eigenvalue weighted by Crippen LogP contribution is -2.47. The molecule has 0 bridgehead atoms. The van der Waals surface area contributed by atoms with Gasteiger partial charge in [0.25, 0.3) is 0 Å². The van der Waals surface area contributed by atoms with Crippen molar-refractivity contribution in [3.05, 3.63) is 0 Å². The van der Waals surface area contributed by atoms with Crippen LogP contribution >= 0.6 is 0 Å². The normalized spacial score (nSPS) is 20.1. The van der Waals surface area contributed by atoms with Crippen LogP contribution < -0.4 is 5.32 Å². The predicted octanol–water partition coefficient (Wildman–Crippen LogP) is 1.79. The Labute approximate surface area is 108 Å². The van der Waals surface area contributed by atoms with Crippen molar-refractivity contribution in [3.8, 4) is 0 Å². The molecule has 1 rings (SSSR count). The van der Waals surface area contributed by atoms with Gasteiger partial charge in [0.1, 0.15) is 0 Å². The molecular formula is C14H31N3. The molecule has 0 saturated carbocycles. The van der Waals surface area contributed by atoms with Crippen molar-refractivity contribution in [1.29, 1.82) is 0 Å². The van der Waals surface area contributed by atoms with Crippen molar-refractivity contribution in [2.75, 3.05) is 40.3 Å². The van der Waals surface area contributed by atoms with Crippen LogP contribution in [0.4, 0.5) is 0 Å². The Balaban J connectivity index is 2.19. The van der Waals surface area contributed by atoms with Crippen molar-refractivity contribution < 1.29 is 0 Å². The van der Waals surface area contributed by atoms with Crippen LogP contribution in [0.1, 0.15) is 40.0 Å². The van der Waals surface area contributed by atoms with Gasteiger partial charge in [-0.3, -0.25) is 0 Å². The van der Waals surface area contributed by atoms with E-state index in [1.165, 1.54) is 32.4 Å². The van der Waals surface area contributed by atoms with Crippen LogP contribution in [0.2, 0.25) is 0 Å². The minimum Gasteiger partial charge on any atom is -0.311 e. The SMILES string of the molecule is CCC(C)(C)NCCN(C)C1CCN(C)CC1. The molecule has 0 unspecified atom stereocenters. The second-order valence-corrected chi connectivity index (χ2v) is 6.18. The Bertz CT molecular complexity index is 208. The van der Waals surface area contributed by atoms with Crippen LogP contribution in [0, 0.1) is 0 Å². The molecular weight excluding hydrogens is 210 g/mol. The minimum absolute atomic E-state index is 0.285. The number of hydrogen-bond acceptors (Lipinski definition) is 3. The highest BCUT2D eigenvalue weighted by atomic mass is 15.2. The molecule has 1 fully saturated rings. The van der Waals surface area contributed by atoms with E-state index in [-0.39, 0.29) is 5.54 Å². The monoisotopic (exact) mass is 241 g/mol. The van der Waals surface area contributed by atoms with E-state index in [4.69, 9.17) is 0 Å². The number of likely N-dealkylation sites (tertiary alicyclic amines) is 1. The van der Waals surface area contributed by atoms with Crippen molar-refractivity contribution in [2.24, 2.45) is 0 Å². The predicted molar refractivity (Wildman–Crippen MR) is 75.5 cm³/mol. The molecule has 17 heavy (non-hydrogen) atoms. The number of nitrogens with one attached hydrogen (secondary N) is 1. The summed E-state index contributed by atoms with van der Waals surface area (Å²) in [7, 11) is 4.50. The zero-order valence-corrected chi connectivity index (χ0v) is 12.4. The summed E-state index contributed by atoms with van der Waals surface area (Å²) >= 11 is 0. The quantitative estimate of drug-likeness (QED) is 0.765. The van der Waals surface area contributed by atoms with Gasteiger partial charge in [-0.25, -0.2) is 0 Å². The van der Waals surface area contributed by atoms with E-state index in [1.807, 2.05) is 0 Å². The van der Waals surface area contributed by atoms with Crippen LogP contribution in [0.25, 0.3) is 0 Å². The summed E-state index contributed by atoms with van der Waals surface area (Å²) in [5.74, 6) is 0. The van der Waals surface area contributed by atoms with Gasteiger partial charge in [0, 0.05) is 24.7 Å². The molecule has 1 aliphatic rings. The molecule has 102 valence electrons. The van der Waals surface area contributed by atoms with Gasteiger partial charge >= 0.3 is 0 Å². The van der Waals surface area contributed by atoms with Crippen molar-refractivity contribution in [1.82, 2.24) is 15.1 Å². The first-order valence-electron chi connectivity index (χ1n) is 7.08. The highest BCUT2D eigenvalue weighted by Gasteiger charge is 2.20. The Morgan fingerprint density at radius 1 is 1.29 bits per heavy atom. The maximum Gasteiger partial charge on any atom is 0.0123 e. The second kappa shape index (κ2) is 6.72. The van der Waals surface area contributed by atoms with Crippen LogP contribution in [-0.2, 0) is 0 Å². The summed E-state index contributed by atoms with van der Waals surface area (Å²) in [6, 6.07) is 0.790. The first-order chi connectivity index (χ1) is 7.94. The number of rotatable bonds is 6. The average Bonchev–Trinajstić information content (AvgIpc) is 2.29. The second-order valence-electron chi connectivity index (χ2n) is 6.18. The van der Waals surface area contributed by atoms with Crippen LogP contribution in [0.5, 0.6) is 0 Å². The summed E-state index contributed by atoms with van der Waals surface area (Å²) in [6.45, 7) is 11.6. The van der Waals surface area contributed by atoms with Gasteiger partial charge < -0.3 is 15.1 Å². The number of hydrogen-bond donors (Lipinski definition) is 1. The Kier molecular flexibility index (Phi) is 5.90. The van der Waals surface area contributed by atoms with Gasteiger partial charge in [-0.1, -0.05) is 6.92 Å². The molecule has 0 aromatic rings. The molecule has 0 amide bonds. The van der Waals surface area contributed by atoms with Crippen molar-refractivity contribution >= 4 is 0 Å². The lowest BCUT2D eigenvalue weighted by atomic mass is 10.0. The molecule has 1 N–H and O–H groups in total. The fourth-order valence-corrected chi connectivity index (χ4v) is 2.31. The zero-order valence-electron chi connectivity index (χ0n) is 12.4. The lowest BCUT2D eigenvalue weighted by molar-refractivity contribution is 0.142. The summed E-state index contributed by atoms with van der Waals surface area (Å²) < 4.78 is 0. The van der Waals surface area contributed by atoms with Gasteiger partial charge in [-0.2, -0.15) is 0 Å². The molecule has 3 nitrogen and oxygen atoms in total. The molecule has 1 aliphatic heterocycles. The molecule has 0 aromatic heterocycles. The number of nitrogens with zero attached hydrogens (tertiary/aromatic N) is 2. The standard InChI is InChI=1S/C14H31N3/c1-6-14(2,3)15-9-12-17(5)13-7-10-16(4)11-8-13/h13,15H,6-12H2,1-5H3. The van der Waals surface area contributed by atoms with Gasteiger partial charge in [0.15, 0.2) is 0 Å². The fourth-order valence-electron chi connectivity index (χ4n) is 2.31. The summed E-state index contributed by atoms with van der Waals surface area (Å²) in [6.07, 6.45) is 3.83. The summed E-state index contributed by atoms with van der Waals surface area (Å²) in [4.78, 5) is 4.97. The largest absolute Gasteiger partial charge is 0.311 e. The zero-order chi connectivity index (χ0) is 12.9. The Morgan fingerprint density at radius 2 is 1.88 bits per heavy atom. The maximum atomic E-state index is 3.64. The van der Waals surface area contributed by atoms with E-state index < -0.39 is 0 Å². The molecule has 3 heteroatoms. The molecule has 0 atom stereocenters. The number of piperidine rings is 1. The third kappa shape index (κ3) is 5.36. The summed E-state index contributed by atoms with van der Waals surface area (Å²) in [5.41, 5.74) is 0.285. The maximum absolute atomic E-state index is 3.64. The first-order valence-corrected chi connectivity index (χ1v) is 7.08. The minimum atomic E-state index is 0.285. The molecule has 0 radical (unpaired) electrons. The third-order valence-electron chi connectivity index (χ3n) is 4.26. The topological polar surface area (TPSA) is 18.5 Å². The highest BCUT2D eigenvalue weighted by molar-refractivity contribution is 4.79. The van der Waals surface area contributed by atoms with Crippen LogP contribution in [0.15, 0.2) is 0 Å².